The van der Waals surface area contributed by atoms with Crippen molar-refractivity contribution in [2.24, 2.45) is 0 Å². The molecule has 0 aromatic carbocycles. The molecule has 1 fully saturated rings. The zero-order valence-corrected chi connectivity index (χ0v) is 6.40. The smallest absolute Gasteiger partial charge is 0.125 e. The molecule has 1 aliphatic rings. The minimum atomic E-state index is 0. The molecule has 3 nitrogen and oxygen atoms in total. The Bertz CT molecular complexity index is 81.4. The molecule has 2 atom stereocenters. The summed E-state index contributed by atoms with van der Waals surface area (Å²) in [5, 5.41) is 3.07. The molecule has 0 amide bonds. The first kappa shape index (κ1) is 9.17. The maximum atomic E-state index is 4.94. The summed E-state index contributed by atoms with van der Waals surface area (Å²) in [5.74, 6) is 0. The van der Waals surface area contributed by atoms with Crippen molar-refractivity contribution in [3.05, 3.63) is 0 Å². The van der Waals surface area contributed by atoms with E-state index < -0.39 is 0 Å². The third-order valence-electron chi connectivity index (χ3n) is 1.23. The summed E-state index contributed by atoms with van der Waals surface area (Å²) in [6.07, 6.45) is 0.245. The Balaban J connectivity index is 0.000000640. The Morgan fingerprint density at radius 2 is 2.11 bits per heavy atom. The van der Waals surface area contributed by atoms with E-state index in [-0.39, 0.29) is 18.6 Å². The van der Waals surface area contributed by atoms with Crippen molar-refractivity contribution < 1.29 is 9.47 Å². The highest BCUT2D eigenvalue weighted by Gasteiger charge is 2.35. The van der Waals surface area contributed by atoms with Gasteiger partial charge in [0.05, 0.1) is 12.6 Å². The zero-order valence-electron chi connectivity index (χ0n) is 5.59. The molecule has 0 aliphatic carbocycles. The van der Waals surface area contributed by atoms with Crippen LogP contribution >= 0.6 is 12.4 Å². The van der Waals surface area contributed by atoms with Crippen LogP contribution in [-0.2, 0) is 9.47 Å². The SMILES string of the molecule is COCC1NC1OC.Cl. The Hall–Kier alpha value is 0.170. The van der Waals surface area contributed by atoms with Gasteiger partial charge in [-0.3, -0.25) is 5.32 Å². The molecule has 0 bridgehead atoms. The van der Waals surface area contributed by atoms with Crippen LogP contribution in [0.15, 0.2) is 0 Å². The lowest BCUT2D eigenvalue weighted by molar-refractivity contribution is 0.145. The van der Waals surface area contributed by atoms with E-state index in [1.54, 1.807) is 14.2 Å². The first-order chi connectivity index (χ1) is 3.88. The van der Waals surface area contributed by atoms with Crippen LogP contribution in [0.1, 0.15) is 0 Å². The largest absolute Gasteiger partial charge is 0.383 e. The minimum absolute atomic E-state index is 0. The number of nitrogens with one attached hydrogen (secondary N) is 1. The van der Waals surface area contributed by atoms with Crippen molar-refractivity contribution >= 4 is 12.4 Å². The minimum Gasteiger partial charge on any atom is -0.383 e. The van der Waals surface area contributed by atoms with Crippen molar-refractivity contribution in [3.63, 3.8) is 0 Å². The van der Waals surface area contributed by atoms with Crippen LogP contribution in [0, 0.1) is 0 Å². The molecule has 4 heteroatoms. The molecule has 1 N–H and O–H groups in total. The quantitative estimate of drug-likeness (QED) is 0.581. The summed E-state index contributed by atoms with van der Waals surface area (Å²) in [4.78, 5) is 0. The fourth-order valence-electron chi connectivity index (χ4n) is 0.703. The molecule has 0 aromatic rings. The molecule has 1 heterocycles. The lowest BCUT2D eigenvalue weighted by atomic mass is 10.5. The maximum Gasteiger partial charge on any atom is 0.125 e. The highest BCUT2D eigenvalue weighted by molar-refractivity contribution is 5.85. The van der Waals surface area contributed by atoms with E-state index in [4.69, 9.17) is 9.47 Å². The van der Waals surface area contributed by atoms with Gasteiger partial charge in [-0.15, -0.1) is 12.4 Å². The average molecular weight is 154 g/mol. The Labute approximate surface area is 61.1 Å². The lowest BCUT2D eigenvalue weighted by Gasteiger charge is -1.90. The average Bonchev–Trinajstić information content (AvgIpc) is 2.48. The van der Waals surface area contributed by atoms with Crippen LogP contribution in [0.4, 0.5) is 0 Å². The second kappa shape index (κ2) is 4.06. The van der Waals surface area contributed by atoms with Crippen molar-refractivity contribution in [2.45, 2.75) is 12.3 Å². The Kier molecular flexibility index (Phi) is 4.14. The molecule has 1 rings (SSSR count). The first-order valence-electron chi connectivity index (χ1n) is 2.66. The summed E-state index contributed by atoms with van der Waals surface area (Å²) in [6, 6.07) is 0.435. The van der Waals surface area contributed by atoms with Crippen LogP contribution in [-0.4, -0.2) is 33.1 Å². The van der Waals surface area contributed by atoms with Gasteiger partial charge in [-0.2, -0.15) is 0 Å². The molecule has 1 aliphatic heterocycles. The Morgan fingerprint density at radius 1 is 1.44 bits per heavy atom. The fraction of sp³-hybridized carbons (Fsp3) is 1.00. The summed E-state index contributed by atoms with van der Waals surface area (Å²) < 4.78 is 9.79. The summed E-state index contributed by atoms with van der Waals surface area (Å²) in [6.45, 7) is 0.749. The number of methoxy groups -OCH3 is 2. The van der Waals surface area contributed by atoms with Gasteiger partial charge < -0.3 is 9.47 Å². The third kappa shape index (κ3) is 2.49. The van der Waals surface area contributed by atoms with Crippen LogP contribution < -0.4 is 5.32 Å². The van der Waals surface area contributed by atoms with Crippen LogP contribution in [0.2, 0.25) is 0 Å². The number of halogens is 1. The summed E-state index contributed by atoms with van der Waals surface area (Å²) in [5.41, 5.74) is 0. The molecular weight excluding hydrogens is 142 g/mol. The van der Waals surface area contributed by atoms with E-state index in [2.05, 4.69) is 5.32 Å². The monoisotopic (exact) mass is 153 g/mol. The van der Waals surface area contributed by atoms with Gasteiger partial charge in [0, 0.05) is 14.2 Å². The van der Waals surface area contributed by atoms with E-state index in [9.17, 15) is 0 Å². The molecule has 9 heavy (non-hydrogen) atoms. The molecule has 1 saturated heterocycles. The van der Waals surface area contributed by atoms with Gasteiger partial charge >= 0.3 is 0 Å². The highest BCUT2D eigenvalue weighted by Crippen LogP contribution is 2.09. The lowest BCUT2D eigenvalue weighted by Crippen LogP contribution is -2.03. The Morgan fingerprint density at radius 3 is 2.44 bits per heavy atom. The number of rotatable bonds is 3. The normalized spacial score (nSPS) is 31.3. The molecule has 0 radical (unpaired) electrons. The van der Waals surface area contributed by atoms with Gasteiger partial charge in [0.25, 0.3) is 0 Å². The molecular formula is C5H12ClNO2. The zero-order chi connectivity index (χ0) is 5.98. The van der Waals surface area contributed by atoms with Gasteiger partial charge in [-0.25, -0.2) is 0 Å². The van der Waals surface area contributed by atoms with Crippen molar-refractivity contribution in [1.82, 2.24) is 5.32 Å². The van der Waals surface area contributed by atoms with Crippen molar-refractivity contribution in [1.29, 1.82) is 0 Å². The van der Waals surface area contributed by atoms with Gasteiger partial charge in [0.2, 0.25) is 0 Å². The predicted molar refractivity (Wildman–Crippen MR) is 36.8 cm³/mol. The molecule has 0 aromatic heterocycles. The van der Waals surface area contributed by atoms with Gasteiger partial charge in [0.15, 0.2) is 0 Å². The molecule has 2 unspecified atom stereocenters. The van der Waals surface area contributed by atoms with E-state index in [1.165, 1.54) is 0 Å². The van der Waals surface area contributed by atoms with E-state index in [0.717, 1.165) is 6.61 Å². The molecule has 0 saturated carbocycles. The molecule has 56 valence electrons. The topological polar surface area (TPSA) is 40.4 Å². The summed E-state index contributed by atoms with van der Waals surface area (Å²) in [7, 11) is 3.38. The number of hydrogen-bond acceptors (Lipinski definition) is 3. The fourth-order valence-corrected chi connectivity index (χ4v) is 0.703. The van der Waals surface area contributed by atoms with Crippen LogP contribution in [0.3, 0.4) is 0 Å². The van der Waals surface area contributed by atoms with Gasteiger partial charge in [-0.05, 0) is 0 Å². The summed E-state index contributed by atoms with van der Waals surface area (Å²) >= 11 is 0. The second-order valence-electron chi connectivity index (χ2n) is 1.88. The second-order valence-corrected chi connectivity index (χ2v) is 1.88. The first-order valence-corrected chi connectivity index (χ1v) is 2.66. The van der Waals surface area contributed by atoms with Gasteiger partial charge in [-0.1, -0.05) is 0 Å². The van der Waals surface area contributed by atoms with Crippen LogP contribution in [0.25, 0.3) is 0 Å². The maximum absolute atomic E-state index is 4.94. The van der Waals surface area contributed by atoms with E-state index in [0.29, 0.717) is 6.04 Å². The van der Waals surface area contributed by atoms with Crippen molar-refractivity contribution in [3.8, 4) is 0 Å². The number of ether oxygens (including phenoxy) is 2. The third-order valence-corrected chi connectivity index (χ3v) is 1.23. The van der Waals surface area contributed by atoms with Gasteiger partial charge in [0.1, 0.15) is 6.23 Å². The molecule has 0 spiro atoms. The van der Waals surface area contributed by atoms with Crippen LogP contribution in [0.5, 0.6) is 0 Å². The standard InChI is InChI=1S/C5H11NO2.ClH/c1-7-3-4-5(6-4)8-2;/h4-6H,3H2,1-2H3;1H. The van der Waals surface area contributed by atoms with E-state index >= 15 is 0 Å². The predicted octanol–water partition coefficient (Wildman–Crippen LogP) is -0.00110. The number of hydrogen-bond donors (Lipinski definition) is 1. The van der Waals surface area contributed by atoms with Crippen molar-refractivity contribution in [2.75, 3.05) is 20.8 Å². The highest BCUT2D eigenvalue weighted by atomic mass is 35.5. The van der Waals surface area contributed by atoms with E-state index in [1.807, 2.05) is 0 Å².